The molecule has 0 atom stereocenters. The third-order valence-electron chi connectivity index (χ3n) is 1.32. The summed E-state index contributed by atoms with van der Waals surface area (Å²) in [6.07, 6.45) is 0. The number of nitrogens with one attached hydrogen (secondary N) is 1. The zero-order valence-corrected chi connectivity index (χ0v) is 8.68. The number of halogens is 1. The molecule has 1 amide bonds. The summed E-state index contributed by atoms with van der Waals surface area (Å²) in [6, 6.07) is 5.31. The third kappa shape index (κ3) is 3.43. The Kier molecular flexibility index (Phi) is 4.44. The number of carbonyl (C=O) groups excluding carboxylic acids is 1. The van der Waals surface area contributed by atoms with Crippen molar-refractivity contribution in [2.75, 3.05) is 11.1 Å². The quantitative estimate of drug-likeness (QED) is 0.729. The SMILES string of the molecule is CC(=O)Nc1ccc(Br)cc1N.O. The molecule has 0 aliphatic carbocycles. The third-order valence-corrected chi connectivity index (χ3v) is 1.82. The largest absolute Gasteiger partial charge is 0.412 e. The van der Waals surface area contributed by atoms with E-state index in [4.69, 9.17) is 5.73 Å². The van der Waals surface area contributed by atoms with Crippen LogP contribution in [-0.4, -0.2) is 11.4 Å². The van der Waals surface area contributed by atoms with Crippen molar-refractivity contribution in [3.05, 3.63) is 22.7 Å². The Hall–Kier alpha value is -1.07. The van der Waals surface area contributed by atoms with Gasteiger partial charge in [-0.3, -0.25) is 4.79 Å². The van der Waals surface area contributed by atoms with Gasteiger partial charge in [-0.2, -0.15) is 0 Å². The standard InChI is InChI=1S/C8H9BrN2O.H2O/c1-5(12)11-8-3-2-6(9)4-7(8)10;/h2-4H,10H2,1H3,(H,11,12);1H2. The van der Waals surface area contributed by atoms with Crippen molar-refractivity contribution in [3.63, 3.8) is 0 Å². The first-order valence-electron chi connectivity index (χ1n) is 3.42. The molecule has 4 nitrogen and oxygen atoms in total. The van der Waals surface area contributed by atoms with Crippen molar-refractivity contribution in [3.8, 4) is 0 Å². The Morgan fingerprint density at radius 1 is 1.54 bits per heavy atom. The van der Waals surface area contributed by atoms with Crippen LogP contribution >= 0.6 is 15.9 Å². The van der Waals surface area contributed by atoms with E-state index in [1.807, 2.05) is 6.07 Å². The molecule has 0 unspecified atom stereocenters. The van der Waals surface area contributed by atoms with Crippen LogP contribution < -0.4 is 11.1 Å². The lowest BCUT2D eigenvalue weighted by Crippen LogP contribution is -2.07. The van der Waals surface area contributed by atoms with E-state index in [-0.39, 0.29) is 11.4 Å². The molecule has 0 aromatic heterocycles. The van der Waals surface area contributed by atoms with Crippen molar-refractivity contribution >= 4 is 33.2 Å². The molecule has 1 aromatic carbocycles. The second-order valence-corrected chi connectivity index (χ2v) is 3.33. The normalized spacial score (nSPS) is 8.77. The molecule has 0 radical (unpaired) electrons. The van der Waals surface area contributed by atoms with Crippen LogP contribution in [0.4, 0.5) is 11.4 Å². The van der Waals surface area contributed by atoms with Crippen LogP contribution in [0.3, 0.4) is 0 Å². The van der Waals surface area contributed by atoms with E-state index in [1.165, 1.54) is 6.92 Å². The predicted molar refractivity (Wildman–Crippen MR) is 56.5 cm³/mol. The van der Waals surface area contributed by atoms with Crippen molar-refractivity contribution in [2.24, 2.45) is 0 Å². The summed E-state index contributed by atoms with van der Waals surface area (Å²) in [7, 11) is 0. The summed E-state index contributed by atoms with van der Waals surface area (Å²) in [5.74, 6) is -0.121. The molecule has 0 saturated heterocycles. The molecule has 0 aliphatic heterocycles. The summed E-state index contributed by atoms with van der Waals surface area (Å²) in [5, 5.41) is 2.62. The highest BCUT2D eigenvalue weighted by molar-refractivity contribution is 9.10. The maximum Gasteiger partial charge on any atom is 0.221 e. The number of hydrogen-bond acceptors (Lipinski definition) is 2. The number of amides is 1. The number of rotatable bonds is 1. The van der Waals surface area contributed by atoms with Gasteiger partial charge in [-0.15, -0.1) is 0 Å². The van der Waals surface area contributed by atoms with Crippen LogP contribution in [0.5, 0.6) is 0 Å². The Balaban J connectivity index is 0.00000144. The molecule has 0 aliphatic rings. The fourth-order valence-electron chi connectivity index (χ4n) is 0.837. The highest BCUT2D eigenvalue weighted by atomic mass is 79.9. The highest BCUT2D eigenvalue weighted by Gasteiger charge is 2.00. The maximum absolute atomic E-state index is 10.7. The maximum atomic E-state index is 10.7. The van der Waals surface area contributed by atoms with Gasteiger partial charge in [0.15, 0.2) is 0 Å². The van der Waals surface area contributed by atoms with Gasteiger partial charge in [-0.1, -0.05) is 15.9 Å². The molecular weight excluding hydrogens is 236 g/mol. The first kappa shape index (κ1) is 11.9. The minimum Gasteiger partial charge on any atom is -0.412 e. The van der Waals surface area contributed by atoms with Crippen LogP contribution in [0, 0.1) is 0 Å². The fourth-order valence-corrected chi connectivity index (χ4v) is 1.22. The molecule has 0 heterocycles. The Morgan fingerprint density at radius 3 is 2.62 bits per heavy atom. The van der Waals surface area contributed by atoms with E-state index in [2.05, 4.69) is 21.2 Å². The number of benzene rings is 1. The predicted octanol–water partition coefficient (Wildman–Crippen LogP) is 1.16. The monoisotopic (exact) mass is 246 g/mol. The highest BCUT2D eigenvalue weighted by Crippen LogP contribution is 2.22. The van der Waals surface area contributed by atoms with Crippen LogP contribution in [0.2, 0.25) is 0 Å². The molecule has 0 spiro atoms. The van der Waals surface area contributed by atoms with E-state index in [9.17, 15) is 4.79 Å². The molecule has 5 heteroatoms. The lowest BCUT2D eigenvalue weighted by molar-refractivity contribution is -0.114. The van der Waals surface area contributed by atoms with Crippen LogP contribution in [0.1, 0.15) is 6.92 Å². The zero-order chi connectivity index (χ0) is 9.14. The zero-order valence-electron chi connectivity index (χ0n) is 7.10. The van der Waals surface area contributed by atoms with Gasteiger partial charge in [-0.25, -0.2) is 0 Å². The van der Waals surface area contributed by atoms with E-state index in [0.717, 1.165) is 4.47 Å². The number of hydrogen-bond donors (Lipinski definition) is 2. The average Bonchev–Trinajstić information content (AvgIpc) is 1.94. The van der Waals surface area contributed by atoms with Gasteiger partial charge >= 0.3 is 0 Å². The van der Waals surface area contributed by atoms with Crippen molar-refractivity contribution in [1.29, 1.82) is 0 Å². The summed E-state index contributed by atoms with van der Waals surface area (Å²) >= 11 is 3.27. The Bertz CT molecular complexity index is 315. The van der Waals surface area contributed by atoms with Crippen molar-refractivity contribution in [1.82, 2.24) is 0 Å². The Morgan fingerprint density at radius 2 is 2.15 bits per heavy atom. The molecule has 0 fully saturated rings. The second-order valence-electron chi connectivity index (χ2n) is 2.41. The Labute approximate surface area is 84.6 Å². The minimum atomic E-state index is -0.121. The van der Waals surface area contributed by atoms with E-state index >= 15 is 0 Å². The summed E-state index contributed by atoms with van der Waals surface area (Å²) < 4.78 is 0.897. The van der Waals surface area contributed by atoms with E-state index < -0.39 is 0 Å². The summed E-state index contributed by atoms with van der Waals surface area (Å²) in [4.78, 5) is 10.7. The van der Waals surface area contributed by atoms with Crippen molar-refractivity contribution in [2.45, 2.75) is 6.92 Å². The van der Waals surface area contributed by atoms with Gasteiger partial charge in [0.1, 0.15) is 0 Å². The number of anilines is 2. The molecule has 0 saturated carbocycles. The second kappa shape index (κ2) is 4.84. The van der Waals surface area contributed by atoms with Gasteiger partial charge in [0.25, 0.3) is 0 Å². The van der Waals surface area contributed by atoms with Gasteiger partial charge < -0.3 is 16.5 Å². The summed E-state index contributed by atoms with van der Waals surface area (Å²) in [5.41, 5.74) is 6.82. The van der Waals surface area contributed by atoms with Gasteiger partial charge in [0.2, 0.25) is 5.91 Å². The van der Waals surface area contributed by atoms with Crippen LogP contribution in [0.25, 0.3) is 0 Å². The van der Waals surface area contributed by atoms with E-state index in [0.29, 0.717) is 11.4 Å². The number of nitrogen functional groups attached to an aromatic ring is 1. The first-order chi connectivity index (χ1) is 5.59. The molecule has 13 heavy (non-hydrogen) atoms. The summed E-state index contributed by atoms with van der Waals surface area (Å²) in [6.45, 7) is 1.45. The minimum absolute atomic E-state index is 0. The number of nitrogens with two attached hydrogens (primary N) is 1. The van der Waals surface area contributed by atoms with Crippen LogP contribution in [-0.2, 0) is 4.79 Å². The molecule has 1 rings (SSSR count). The van der Waals surface area contributed by atoms with E-state index in [1.54, 1.807) is 12.1 Å². The fraction of sp³-hybridized carbons (Fsp3) is 0.125. The molecule has 72 valence electrons. The van der Waals surface area contributed by atoms with Crippen LogP contribution in [0.15, 0.2) is 22.7 Å². The first-order valence-corrected chi connectivity index (χ1v) is 4.21. The lowest BCUT2D eigenvalue weighted by Gasteiger charge is -2.05. The molecule has 5 N–H and O–H groups in total. The topological polar surface area (TPSA) is 86.6 Å². The average molecular weight is 247 g/mol. The molecular formula is C8H11BrN2O2. The molecule has 0 bridgehead atoms. The molecule has 1 aromatic rings. The van der Waals surface area contributed by atoms with Gasteiger partial charge in [-0.05, 0) is 18.2 Å². The van der Waals surface area contributed by atoms with Gasteiger partial charge in [0.05, 0.1) is 11.4 Å². The smallest absolute Gasteiger partial charge is 0.221 e. The van der Waals surface area contributed by atoms with Gasteiger partial charge in [0, 0.05) is 11.4 Å². The lowest BCUT2D eigenvalue weighted by atomic mass is 10.3. The number of carbonyl (C=O) groups is 1. The van der Waals surface area contributed by atoms with Crippen molar-refractivity contribution < 1.29 is 10.3 Å².